The van der Waals surface area contributed by atoms with Gasteiger partial charge in [0.05, 0.1) is 15.6 Å². The summed E-state index contributed by atoms with van der Waals surface area (Å²) in [7, 11) is -3.84. The molecular formula is C23H25FN4O3S2. The van der Waals surface area contributed by atoms with Crippen molar-refractivity contribution in [2.24, 2.45) is 0 Å². The Morgan fingerprint density at radius 3 is 2.33 bits per heavy atom. The van der Waals surface area contributed by atoms with Crippen LogP contribution in [0.2, 0.25) is 0 Å². The summed E-state index contributed by atoms with van der Waals surface area (Å²) in [6.07, 6.45) is 0.940. The van der Waals surface area contributed by atoms with E-state index in [1.807, 2.05) is 0 Å². The van der Waals surface area contributed by atoms with Gasteiger partial charge in [0.2, 0.25) is 0 Å². The number of hydrogen-bond donors (Lipinski definition) is 1. The molecule has 0 spiro atoms. The van der Waals surface area contributed by atoms with E-state index < -0.39 is 15.8 Å². The molecule has 1 aliphatic heterocycles. The Morgan fingerprint density at radius 1 is 1.06 bits per heavy atom. The molecule has 1 fully saturated rings. The van der Waals surface area contributed by atoms with Crippen molar-refractivity contribution in [3.8, 4) is 0 Å². The number of piperazine rings is 1. The molecule has 2 aromatic carbocycles. The van der Waals surface area contributed by atoms with Crippen molar-refractivity contribution in [2.45, 2.75) is 24.8 Å². The van der Waals surface area contributed by atoms with E-state index in [0.29, 0.717) is 18.7 Å². The van der Waals surface area contributed by atoms with Gasteiger partial charge < -0.3 is 4.90 Å². The van der Waals surface area contributed by atoms with Crippen molar-refractivity contribution in [1.82, 2.24) is 14.8 Å². The highest BCUT2D eigenvalue weighted by atomic mass is 32.2. The third-order valence-electron chi connectivity index (χ3n) is 5.45. The highest BCUT2D eigenvalue weighted by Crippen LogP contribution is 2.19. The summed E-state index contributed by atoms with van der Waals surface area (Å²) in [4.78, 5) is 21.6. The van der Waals surface area contributed by atoms with Gasteiger partial charge in [-0.05, 0) is 55.0 Å². The zero-order valence-corrected chi connectivity index (χ0v) is 19.8. The van der Waals surface area contributed by atoms with Gasteiger partial charge in [0.15, 0.2) is 0 Å². The van der Waals surface area contributed by atoms with E-state index in [-0.39, 0.29) is 16.5 Å². The minimum absolute atomic E-state index is 0.0305. The van der Waals surface area contributed by atoms with Gasteiger partial charge in [0.1, 0.15) is 5.82 Å². The first-order valence-corrected chi connectivity index (χ1v) is 13.0. The lowest BCUT2D eigenvalue weighted by atomic mass is 10.2. The molecule has 0 saturated carbocycles. The Balaban J connectivity index is 1.34. The third kappa shape index (κ3) is 5.76. The first-order chi connectivity index (χ1) is 15.8. The number of sulfonamides is 1. The van der Waals surface area contributed by atoms with Gasteiger partial charge in [0.25, 0.3) is 15.9 Å². The molecule has 0 bridgehead atoms. The van der Waals surface area contributed by atoms with E-state index in [1.165, 1.54) is 48.5 Å². The number of amides is 1. The number of anilines is 1. The fourth-order valence-corrected chi connectivity index (χ4v) is 5.41. The Hall–Kier alpha value is -2.82. The summed E-state index contributed by atoms with van der Waals surface area (Å²) in [6.45, 7) is 5.62. The van der Waals surface area contributed by atoms with Crippen LogP contribution in [-0.4, -0.2) is 55.3 Å². The minimum Gasteiger partial charge on any atom is -0.336 e. The average Bonchev–Trinajstić information content (AvgIpc) is 3.28. The number of hydrogen-bond acceptors (Lipinski definition) is 6. The maximum atomic E-state index is 13.0. The second kappa shape index (κ2) is 9.98. The van der Waals surface area contributed by atoms with E-state index in [9.17, 15) is 17.6 Å². The van der Waals surface area contributed by atoms with Crippen molar-refractivity contribution in [3.05, 3.63) is 76.0 Å². The van der Waals surface area contributed by atoms with Gasteiger partial charge in [-0.25, -0.2) is 17.8 Å². The van der Waals surface area contributed by atoms with Gasteiger partial charge in [-0.15, -0.1) is 11.3 Å². The highest BCUT2D eigenvalue weighted by Gasteiger charge is 2.23. The summed E-state index contributed by atoms with van der Waals surface area (Å²) < 4.78 is 40.6. The molecule has 174 valence electrons. The molecule has 10 heteroatoms. The van der Waals surface area contributed by atoms with Gasteiger partial charge in [-0.1, -0.05) is 6.92 Å². The van der Waals surface area contributed by atoms with Gasteiger partial charge in [-0.2, -0.15) is 0 Å². The Morgan fingerprint density at radius 2 is 1.73 bits per heavy atom. The second-order valence-corrected chi connectivity index (χ2v) is 10.4. The van der Waals surface area contributed by atoms with Crippen LogP contribution in [0.25, 0.3) is 0 Å². The highest BCUT2D eigenvalue weighted by molar-refractivity contribution is 7.92. The fourth-order valence-electron chi connectivity index (χ4n) is 3.61. The maximum absolute atomic E-state index is 13.0. The quantitative estimate of drug-likeness (QED) is 0.550. The van der Waals surface area contributed by atoms with Crippen LogP contribution in [0.3, 0.4) is 0 Å². The molecule has 4 rings (SSSR count). The number of thiazole rings is 1. The molecule has 7 nitrogen and oxygen atoms in total. The number of carbonyl (C=O) groups excluding carboxylic acids is 1. The van der Waals surface area contributed by atoms with Crippen LogP contribution in [0.15, 0.2) is 58.8 Å². The number of nitrogens with one attached hydrogen (secondary N) is 1. The van der Waals surface area contributed by atoms with E-state index in [1.54, 1.807) is 16.2 Å². The average molecular weight is 489 g/mol. The normalized spacial score (nSPS) is 14.9. The molecular weight excluding hydrogens is 463 g/mol. The summed E-state index contributed by atoms with van der Waals surface area (Å²) in [5, 5.41) is 3.23. The molecule has 0 atom stereocenters. The van der Waals surface area contributed by atoms with Gasteiger partial charge in [0, 0.05) is 49.4 Å². The SMILES string of the molecule is CCc1nc(CN2CCN(C(=O)c3ccc(S(=O)(=O)Nc4ccc(F)cc4)cc3)CC2)cs1. The van der Waals surface area contributed by atoms with Crippen LogP contribution in [0.1, 0.15) is 28.0 Å². The Labute approximate surface area is 196 Å². The number of carbonyl (C=O) groups is 1. The Bertz CT molecular complexity index is 1200. The minimum atomic E-state index is -3.84. The predicted octanol–water partition coefficient (Wildman–Crippen LogP) is 3.60. The molecule has 33 heavy (non-hydrogen) atoms. The number of aromatic nitrogens is 1. The van der Waals surface area contributed by atoms with E-state index in [2.05, 4.69) is 26.9 Å². The van der Waals surface area contributed by atoms with E-state index in [0.717, 1.165) is 36.8 Å². The fraction of sp³-hybridized carbons (Fsp3) is 0.304. The van der Waals surface area contributed by atoms with E-state index >= 15 is 0 Å². The first kappa shape index (κ1) is 23.3. The van der Waals surface area contributed by atoms with Crippen molar-refractivity contribution < 1.29 is 17.6 Å². The van der Waals surface area contributed by atoms with Crippen molar-refractivity contribution in [2.75, 3.05) is 30.9 Å². The second-order valence-electron chi connectivity index (χ2n) is 7.79. The summed E-state index contributed by atoms with van der Waals surface area (Å²) >= 11 is 1.68. The van der Waals surface area contributed by atoms with Crippen LogP contribution >= 0.6 is 11.3 Å². The molecule has 0 unspecified atom stereocenters. The van der Waals surface area contributed by atoms with Gasteiger partial charge in [-0.3, -0.25) is 14.4 Å². The van der Waals surface area contributed by atoms with Crippen LogP contribution in [0.5, 0.6) is 0 Å². The Kier molecular flexibility index (Phi) is 7.06. The standard InChI is InChI=1S/C23H25FN4O3S2/c1-2-22-25-20(16-32-22)15-27-11-13-28(14-12-27)23(29)17-3-9-21(10-4-17)33(30,31)26-19-7-5-18(24)6-8-19/h3-10,16,26H,2,11-15H2,1H3. The molecule has 0 radical (unpaired) electrons. The molecule has 3 aromatic rings. The van der Waals surface area contributed by atoms with Crippen molar-refractivity contribution >= 4 is 33.0 Å². The molecule has 2 heterocycles. The summed E-state index contributed by atoms with van der Waals surface area (Å²) in [5.74, 6) is -0.567. The van der Waals surface area contributed by atoms with Crippen molar-refractivity contribution in [3.63, 3.8) is 0 Å². The maximum Gasteiger partial charge on any atom is 0.261 e. The van der Waals surface area contributed by atoms with Crippen LogP contribution in [0.4, 0.5) is 10.1 Å². The molecule has 1 aliphatic rings. The van der Waals surface area contributed by atoms with Crippen LogP contribution in [-0.2, 0) is 23.0 Å². The molecule has 0 aliphatic carbocycles. The molecule has 1 N–H and O–H groups in total. The van der Waals surface area contributed by atoms with Gasteiger partial charge >= 0.3 is 0 Å². The van der Waals surface area contributed by atoms with Crippen LogP contribution < -0.4 is 4.72 Å². The van der Waals surface area contributed by atoms with Crippen LogP contribution in [0, 0.1) is 5.82 Å². The largest absolute Gasteiger partial charge is 0.336 e. The lowest BCUT2D eigenvalue weighted by Gasteiger charge is -2.34. The first-order valence-electron chi connectivity index (χ1n) is 10.7. The lowest BCUT2D eigenvalue weighted by molar-refractivity contribution is 0.0627. The monoisotopic (exact) mass is 488 g/mol. The number of benzene rings is 2. The third-order valence-corrected chi connectivity index (χ3v) is 7.89. The van der Waals surface area contributed by atoms with E-state index in [4.69, 9.17) is 0 Å². The topological polar surface area (TPSA) is 82.6 Å². The number of rotatable bonds is 7. The number of halogens is 1. The number of aryl methyl sites for hydroxylation is 1. The molecule has 1 aromatic heterocycles. The number of nitrogens with zero attached hydrogens (tertiary/aromatic N) is 3. The molecule has 1 saturated heterocycles. The molecule has 1 amide bonds. The summed E-state index contributed by atoms with van der Waals surface area (Å²) in [5.41, 5.74) is 1.77. The summed E-state index contributed by atoms with van der Waals surface area (Å²) in [6, 6.07) is 10.9. The zero-order chi connectivity index (χ0) is 23.4. The lowest BCUT2D eigenvalue weighted by Crippen LogP contribution is -2.48. The smallest absolute Gasteiger partial charge is 0.261 e. The van der Waals surface area contributed by atoms with Crippen molar-refractivity contribution in [1.29, 1.82) is 0 Å². The predicted molar refractivity (Wildman–Crippen MR) is 126 cm³/mol. The zero-order valence-electron chi connectivity index (χ0n) is 18.2.